The van der Waals surface area contributed by atoms with Crippen LogP contribution >= 0.6 is 0 Å². The predicted molar refractivity (Wildman–Crippen MR) is 80.6 cm³/mol. The van der Waals surface area contributed by atoms with Crippen LogP contribution in [0.2, 0.25) is 0 Å². The van der Waals surface area contributed by atoms with E-state index in [-0.39, 0.29) is 11.5 Å². The minimum absolute atomic E-state index is 0.00611. The number of ether oxygens (including phenoxy) is 2. The lowest BCUT2D eigenvalue weighted by Crippen LogP contribution is -2.56. The van der Waals surface area contributed by atoms with Crippen LogP contribution in [0.15, 0.2) is 6.07 Å². The topological polar surface area (TPSA) is 76.7 Å². The molecule has 116 valence electrons. The van der Waals surface area contributed by atoms with E-state index in [1.165, 1.54) is 0 Å². The van der Waals surface area contributed by atoms with Crippen LogP contribution in [0.1, 0.15) is 12.8 Å². The van der Waals surface area contributed by atoms with E-state index >= 15 is 0 Å². The van der Waals surface area contributed by atoms with E-state index in [1.807, 2.05) is 6.07 Å². The monoisotopic (exact) mass is 293 g/mol. The first-order valence-electron chi connectivity index (χ1n) is 7.36. The summed E-state index contributed by atoms with van der Waals surface area (Å²) in [6.45, 7) is 4.67. The van der Waals surface area contributed by atoms with Crippen LogP contribution in [0.5, 0.6) is 5.88 Å². The number of morpholine rings is 1. The summed E-state index contributed by atoms with van der Waals surface area (Å²) in [5, 5.41) is 0. The van der Waals surface area contributed by atoms with Gasteiger partial charge in [-0.1, -0.05) is 0 Å². The molecule has 2 N–H and O–H groups in total. The quantitative estimate of drug-likeness (QED) is 0.844. The van der Waals surface area contributed by atoms with Gasteiger partial charge < -0.3 is 25.0 Å². The Bertz CT molecular complexity index is 502. The van der Waals surface area contributed by atoms with Crippen LogP contribution in [0.4, 0.5) is 11.8 Å². The average Bonchev–Trinajstić information content (AvgIpc) is 2.47. The SMILES string of the molecule is COc1cc(N2CCC3(CC2)CN(C)CCO3)nc(N)n1. The van der Waals surface area contributed by atoms with Crippen molar-refractivity contribution in [1.82, 2.24) is 14.9 Å². The summed E-state index contributed by atoms with van der Waals surface area (Å²) in [6, 6.07) is 1.84. The zero-order chi connectivity index (χ0) is 14.9. The second kappa shape index (κ2) is 5.65. The van der Waals surface area contributed by atoms with Crippen molar-refractivity contribution in [3.63, 3.8) is 0 Å². The summed E-state index contributed by atoms with van der Waals surface area (Å²) in [7, 11) is 3.75. The Balaban J connectivity index is 1.69. The number of aromatic nitrogens is 2. The third-order valence-corrected chi connectivity index (χ3v) is 4.35. The molecule has 1 aromatic rings. The number of hydrogen-bond acceptors (Lipinski definition) is 7. The summed E-state index contributed by atoms with van der Waals surface area (Å²) >= 11 is 0. The summed E-state index contributed by atoms with van der Waals surface area (Å²) < 4.78 is 11.2. The molecule has 0 amide bonds. The van der Waals surface area contributed by atoms with E-state index in [0.29, 0.717) is 5.88 Å². The second-order valence-electron chi connectivity index (χ2n) is 5.88. The van der Waals surface area contributed by atoms with Gasteiger partial charge in [-0.15, -0.1) is 0 Å². The molecule has 0 saturated carbocycles. The largest absolute Gasteiger partial charge is 0.481 e. The Morgan fingerprint density at radius 1 is 1.29 bits per heavy atom. The Labute approximate surface area is 125 Å². The molecule has 2 saturated heterocycles. The van der Waals surface area contributed by atoms with E-state index in [1.54, 1.807) is 7.11 Å². The highest BCUT2D eigenvalue weighted by molar-refractivity contribution is 5.46. The normalized spacial score (nSPS) is 22.5. The maximum Gasteiger partial charge on any atom is 0.225 e. The fourth-order valence-corrected chi connectivity index (χ4v) is 3.18. The van der Waals surface area contributed by atoms with Gasteiger partial charge in [0.15, 0.2) is 0 Å². The molecule has 0 radical (unpaired) electrons. The minimum Gasteiger partial charge on any atom is -0.481 e. The molecule has 2 aliphatic heterocycles. The maximum absolute atomic E-state index is 6.08. The van der Waals surface area contributed by atoms with Crippen molar-refractivity contribution in [2.75, 3.05) is 57.6 Å². The summed E-state index contributed by atoms with van der Waals surface area (Å²) in [4.78, 5) is 12.9. The Morgan fingerprint density at radius 3 is 2.71 bits per heavy atom. The van der Waals surface area contributed by atoms with Crippen LogP contribution in [0.3, 0.4) is 0 Å². The molecule has 7 nitrogen and oxygen atoms in total. The number of rotatable bonds is 2. The van der Waals surface area contributed by atoms with Crippen LogP contribution in [-0.2, 0) is 4.74 Å². The van der Waals surface area contributed by atoms with Crippen LogP contribution in [-0.4, -0.2) is 67.4 Å². The van der Waals surface area contributed by atoms with Gasteiger partial charge in [-0.25, -0.2) is 0 Å². The lowest BCUT2D eigenvalue weighted by Gasteiger charge is -2.46. The number of nitrogens with two attached hydrogens (primary N) is 1. The highest BCUT2D eigenvalue weighted by Gasteiger charge is 2.39. The highest BCUT2D eigenvalue weighted by atomic mass is 16.5. The molecule has 3 heterocycles. The first-order valence-corrected chi connectivity index (χ1v) is 7.36. The summed E-state index contributed by atoms with van der Waals surface area (Å²) in [6.07, 6.45) is 2.01. The standard InChI is InChI=1S/C14H23N5O2/c1-18-7-8-21-14(10-18)3-5-19(6-4-14)11-9-12(20-2)17-13(15)16-11/h9H,3-8,10H2,1-2H3,(H2,15,16,17). The van der Waals surface area contributed by atoms with Gasteiger partial charge >= 0.3 is 0 Å². The first kappa shape index (κ1) is 14.3. The van der Waals surface area contributed by atoms with Crippen molar-refractivity contribution in [3.8, 4) is 5.88 Å². The van der Waals surface area contributed by atoms with Crippen molar-refractivity contribution >= 4 is 11.8 Å². The molecule has 3 rings (SSSR count). The molecule has 0 aliphatic carbocycles. The molecule has 0 unspecified atom stereocenters. The number of nitrogens with zero attached hydrogens (tertiary/aromatic N) is 4. The number of methoxy groups -OCH3 is 1. The molecule has 2 fully saturated rings. The minimum atomic E-state index is 0.00611. The maximum atomic E-state index is 6.08. The van der Waals surface area contributed by atoms with Crippen LogP contribution < -0.4 is 15.4 Å². The van der Waals surface area contributed by atoms with E-state index < -0.39 is 0 Å². The highest BCUT2D eigenvalue weighted by Crippen LogP contribution is 2.32. The van der Waals surface area contributed by atoms with Gasteiger partial charge in [0.25, 0.3) is 0 Å². The predicted octanol–water partition coefficient (Wildman–Crippen LogP) is 0.368. The smallest absolute Gasteiger partial charge is 0.225 e. The number of likely N-dealkylation sites (N-methyl/N-ethyl adjacent to an activating group) is 1. The van der Waals surface area contributed by atoms with Gasteiger partial charge in [0, 0.05) is 32.2 Å². The van der Waals surface area contributed by atoms with E-state index in [0.717, 1.165) is 51.4 Å². The van der Waals surface area contributed by atoms with Gasteiger partial charge in [-0.05, 0) is 19.9 Å². The average molecular weight is 293 g/mol. The third-order valence-electron chi connectivity index (χ3n) is 4.35. The number of nitrogen functional groups attached to an aromatic ring is 1. The van der Waals surface area contributed by atoms with E-state index in [9.17, 15) is 0 Å². The van der Waals surface area contributed by atoms with Crippen LogP contribution in [0, 0.1) is 0 Å². The number of anilines is 2. The molecular weight excluding hydrogens is 270 g/mol. The Kier molecular flexibility index (Phi) is 3.86. The van der Waals surface area contributed by atoms with Crippen molar-refractivity contribution in [1.29, 1.82) is 0 Å². The van der Waals surface area contributed by atoms with Gasteiger partial charge in [-0.2, -0.15) is 9.97 Å². The number of piperidine rings is 1. The van der Waals surface area contributed by atoms with E-state index in [2.05, 4.69) is 26.8 Å². The lowest BCUT2D eigenvalue weighted by molar-refractivity contribution is -0.115. The molecule has 0 atom stereocenters. The molecule has 2 aliphatic rings. The van der Waals surface area contributed by atoms with Crippen LogP contribution in [0.25, 0.3) is 0 Å². The number of hydrogen-bond donors (Lipinski definition) is 1. The molecule has 0 bridgehead atoms. The second-order valence-corrected chi connectivity index (χ2v) is 5.88. The summed E-state index contributed by atoms with van der Waals surface area (Å²) in [5.74, 6) is 1.59. The molecule has 7 heteroatoms. The van der Waals surface area contributed by atoms with Crippen molar-refractivity contribution in [3.05, 3.63) is 6.07 Å². The van der Waals surface area contributed by atoms with Crippen molar-refractivity contribution in [2.24, 2.45) is 0 Å². The first-order chi connectivity index (χ1) is 10.1. The van der Waals surface area contributed by atoms with Gasteiger partial charge in [0.05, 0.1) is 19.3 Å². The third kappa shape index (κ3) is 3.03. The van der Waals surface area contributed by atoms with Crippen molar-refractivity contribution in [2.45, 2.75) is 18.4 Å². The Morgan fingerprint density at radius 2 is 2.05 bits per heavy atom. The fraction of sp³-hybridized carbons (Fsp3) is 0.714. The lowest BCUT2D eigenvalue weighted by atomic mass is 9.89. The van der Waals surface area contributed by atoms with Gasteiger partial charge in [-0.3, -0.25) is 0 Å². The van der Waals surface area contributed by atoms with Gasteiger partial charge in [0.1, 0.15) is 5.82 Å². The molecule has 1 aromatic heterocycles. The van der Waals surface area contributed by atoms with Gasteiger partial charge in [0.2, 0.25) is 11.8 Å². The van der Waals surface area contributed by atoms with Crippen molar-refractivity contribution < 1.29 is 9.47 Å². The van der Waals surface area contributed by atoms with E-state index in [4.69, 9.17) is 15.2 Å². The molecular formula is C14H23N5O2. The molecule has 1 spiro atoms. The summed E-state index contributed by atoms with van der Waals surface area (Å²) in [5.41, 5.74) is 5.74. The Hall–Kier alpha value is -1.60. The molecule has 21 heavy (non-hydrogen) atoms. The zero-order valence-electron chi connectivity index (χ0n) is 12.7. The zero-order valence-corrected chi connectivity index (χ0v) is 12.7. The molecule has 0 aromatic carbocycles. The fourth-order valence-electron chi connectivity index (χ4n) is 3.18.